The van der Waals surface area contributed by atoms with E-state index in [-0.39, 0.29) is 17.5 Å². The first kappa shape index (κ1) is 23.3. The van der Waals surface area contributed by atoms with E-state index in [4.69, 9.17) is 4.98 Å². The molecule has 1 amide bonds. The quantitative estimate of drug-likeness (QED) is 0.441. The Hall–Kier alpha value is -4.10. The van der Waals surface area contributed by atoms with Crippen molar-refractivity contribution in [2.75, 3.05) is 6.54 Å². The van der Waals surface area contributed by atoms with Crippen molar-refractivity contribution in [2.45, 2.75) is 44.2 Å². The predicted molar refractivity (Wildman–Crippen MR) is 140 cm³/mol. The molecule has 6 rings (SSSR count). The van der Waals surface area contributed by atoms with Crippen molar-refractivity contribution in [1.29, 1.82) is 0 Å². The number of carbonyl (C=O) groups is 1. The molecule has 3 heterocycles. The summed E-state index contributed by atoms with van der Waals surface area (Å²) in [6.45, 7) is 2.46. The van der Waals surface area contributed by atoms with E-state index in [1.54, 1.807) is 17.2 Å². The Kier molecular flexibility index (Phi) is 5.72. The number of benzene rings is 2. The number of carbonyl (C=O) groups excluding carboxylic acids is 1. The molecular weight excluding hydrogens is 464 g/mol. The third kappa shape index (κ3) is 4.25. The van der Waals surface area contributed by atoms with Gasteiger partial charge in [-0.2, -0.15) is 0 Å². The second-order valence-corrected chi connectivity index (χ2v) is 10.0. The van der Waals surface area contributed by atoms with Gasteiger partial charge in [0.15, 0.2) is 6.10 Å². The van der Waals surface area contributed by atoms with Crippen molar-refractivity contribution < 1.29 is 9.90 Å². The average molecular weight is 493 g/mol. The minimum atomic E-state index is -1.32. The third-order valence-electron chi connectivity index (χ3n) is 7.59. The van der Waals surface area contributed by atoms with Crippen LogP contribution in [0, 0.1) is 6.92 Å². The van der Waals surface area contributed by atoms with Gasteiger partial charge < -0.3 is 15.0 Å². The van der Waals surface area contributed by atoms with Gasteiger partial charge in [-0.05, 0) is 48.6 Å². The molecule has 0 spiro atoms. The third-order valence-corrected chi connectivity index (χ3v) is 7.59. The first-order valence-corrected chi connectivity index (χ1v) is 12.6. The molecule has 2 aliphatic rings. The van der Waals surface area contributed by atoms with Crippen molar-refractivity contribution >= 4 is 5.91 Å². The number of H-pyrrole nitrogens is 1. The van der Waals surface area contributed by atoms with Gasteiger partial charge in [-0.25, -0.2) is 4.98 Å². The highest BCUT2D eigenvalue weighted by molar-refractivity contribution is 5.83. The number of aromatic amines is 1. The normalized spacial score (nSPS) is 16.6. The van der Waals surface area contributed by atoms with Crippen molar-refractivity contribution in [3.8, 4) is 11.1 Å². The van der Waals surface area contributed by atoms with Crippen LogP contribution in [0.3, 0.4) is 0 Å². The number of nitrogens with zero attached hydrogens (tertiary/aromatic N) is 3. The van der Waals surface area contributed by atoms with Crippen molar-refractivity contribution in [3.05, 3.63) is 117 Å². The lowest BCUT2D eigenvalue weighted by molar-refractivity contribution is -0.141. The van der Waals surface area contributed by atoms with Crippen molar-refractivity contribution in [2.24, 2.45) is 0 Å². The molecule has 1 unspecified atom stereocenters. The molecule has 2 aromatic carbocycles. The number of nitrogens with one attached hydrogen (secondary N) is 1. The molecule has 7 heteroatoms. The largest absolute Gasteiger partial charge is 0.378 e. The maximum atomic E-state index is 13.3. The van der Waals surface area contributed by atoms with E-state index in [9.17, 15) is 14.7 Å². The summed E-state index contributed by atoms with van der Waals surface area (Å²) in [4.78, 5) is 40.2. The summed E-state index contributed by atoms with van der Waals surface area (Å²) in [7, 11) is 0. The Balaban J connectivity index is 1.22. The SMILES string of the molecule is Cc1ccc(-c2cccc(C(O)C(=O)N3CCc4nc(C5(c6ccccc6)CC5)[nH]c(=O)c4C3)c2)cn1. The van der Waals surface area contributed by atoms with E-state index in [0.717, 1.165) is 40.9 Å². The fourth-order valence-corrected chi connectivity index (χ4v) is 5.23. The maximum absolute atomic E-state index is 13.3. The Morgan fingerprint density at radius 1 is 1.05 bits per heavy atom. The van der Waals surface area contributed by atoms with Gasteiger partial charge in [-0.1, -0.05) is 54.6 Å². The lowest BCUT2D eigenvalue weighted by Crippen LogP contribution is -2.42. The number of pyridine rings is 1. The van der Waals surface area contributed by atoms with Crippen LogP contribution < -0.4 is 5.56 Å². The van der Waals surface area contributed by atoms with Crippen LogP contribution in [0.1, 0.15) is 52.8 Å². The number of hydrogen-bond donors (Lipinski definition) is 2. The molecule has 1 aliphatic heterocycles. The molecule has 1 aliphatic carbocycles. The number of aliphatic hydroxyl groups excluding tert-OH is 1. The molecule has 1 atom stereocenters. The molecule has 0 saturated heterocycles. The van der Waals surface area contributed by atoms with Crippen LogP contribution in [0.15, 0.2) is 77.7 Å². The fraction of sp³-hybridized carbons (Fsp3) is 0.267. The standard InChI is InChI=1S/C30H28N4O3/c1-19-10-11-22(17-31-19)20-6-5-7-21(16-20)26(35)28(37)34-15-12-25-24(18-34)27(36)33-29(32-25)30(13-14-30)23-8-3-2-4-9-23/h2-11,16-17,26,35H,12-15,18H2,1H3,(H,32,33,36). The lowest BCUT2D eigenvalue weighted by atomic mass is 9.94. The van der Waals surface area contributed by atoms with Gasteiger partial charge in [0.1, 0.15) is 5.82 Å². The first-order valence-electron chi connectivity index (χ1n) is 12.6. The van der Waals surface area contributed by atoms with Gasteiger partial charge >= 0.3 is 0 Å². The van der Waals surface area contributed by atoms with Crippen LogP contribution in [-0.2, 0) is 23.2 Å². The summed E-state index contributed by atoms with van der Waals surface area (Å²) >= 11 is 0. The number of aromatic nitrogens is 3. The molecule has 1 fully saturated rings. The second-order valence-electron chi connectivity index (χ2n) is 10.0. The van der Waals surface area contributed by atoms with Crippen LogP contribution >= 0.6 is 0 Å². The highest BCUT2D eigenvalue weighted by atomic mass is 16.3. The van der Waals surface area contributed by atoms with Crippen LogP contribution in [0.25, 0.3) is 11.1 Å². The average Bonchev–Trinajstić information content (AvgIpc) is 3.75. The zero-order chi connectivity index (χ0) is 25.6. The molecule has 0 radical (unpaired) electrons. The Morgan fingerprint density at radius 2 is 1.86 bits per heavy atom. The number of amides is 1. The van der Waals surface area contributed by atoms with Gasteiger partial charge in [-0.15, -0.1) is 0 Å². The van der Waals surface area contributed by atoms with E-state index < -0.39 is 12.0 Å². The minimum Gasteiger partial charge on any atom is -0.378 e. The van der Waals surface area contributed by atoms with Crippen molar-refractivity contribution in [3.63, 3.8) is 0 Å². The van der Waals surface area contributed by atoms with Gasteiger partial charge in [-0.3, -0.25) is 14.6 Å². The van der Waals surface area contributed by atoms with E-state index >= 15 is 0 Å². The summed E-state index contributed by atoms with van der Waals surface area (Å²) in [6.07, 6.45) is 2.84. The van der Waals surface area contributed by atoms with Gasteiger partial charge in [0.25, 0.3) is 11.5 Å². The summed E-state index contributed by atoms with van der Waals surface area (Å²) in [6, 6.07) is 21.4. The van der Waals surface area contributed by atoms with Crippen LogP contribution in [-0.4, -0.2) is 37.4 Å². The molecule has 186 valence electrons. The van der Waals surface area contributed by atoms with E-state index in [2.05, 4.69) is 22.1 Å². The number of aliphatic hydroxyl groups is 1. The highest BCUT2D eigenvalue weighted by Crippen LogP contribution is 2.51. The van der Waals surface area contributed by atoms with E-state index in [1.807, 2.05) is 55.5 Å². The van der Waals surface area contributed by atoms with Crippen LogP contribution in [0.4, 0.5) is 0 Å². The second kappa shape index (κ2) is 9.09. The molecule has 0 bridgehead atoms. The zero-order valence-electron chi connectivity index (χ0n) is 20.6. The monoisotopic (exact) mass is 492 g/mol. The summed E-state index contributed by atoms with van der Waals surface area (Å²) in [5, 5.41) is 11.0. The Labute approximate surface area is 214 Å². The van der Waals surface area contributed by atoms with Gasteiger partial charge in [0.2, 0.25) is 0 Å². The summed E-state index contributed by atoms with van der Waals surface area (Å²) in [5.74, 6) is 0.293. The Bertz CT molecular complexity index is 1520. The van der Waals surface area contributed by atoms with Crippen LogP contribution in [0.5, 0.6) is 0 Å². The number of fused-ring (bicyclic) bond motifs is 1. The maximum Gasteiger partial charge on any atom is 0.256 e. The number of rotatable bonds is 5. The summed E-state index contributed by atoms with van der Waals surface area (Å²) in [5.41, 5.74) is 5.20. The smallest absolute Gasteiger partial charge is 0.256 e. The Morgan fingerprint density at radius 3 is 2.59 bits per heavy atom. The number of aryl methyl sites for hydroxylation is 1. The topological polar surface area (TPSA) is 99.2 Å². The molecule has 2 aromatic heterocycles. The van der Waals surface area contributed by atoms with Crippen LogP contribution in [0.2, 0.25) is 0 Å². The molecule has 37 heavy (non-hydrogen) atoms. The summed E-state index contributed by atoms with van der Waals surface area (Å²) < 4.78 is 0. The highest BCUT2D eigenvalue weighted by Gasteiger charge is 2.48. The predicted octanol–water partition coefficient (Wildman–Crippen LogP) is 3.84. The van der Waals surface area contributed by atoms with Gasteiger partial charge in [0.05, 0.1) is 23.2 Å². The van der Waals surface area contributed by atoms with E-state index in [0.29, 0.717) is 29.9 Å². The first-order chi connectivity index (χ1) is 17.9. The molecule has 7 nitrogen and oxygen atoms in total. The van der Waals surface area contributed by atoms with Gasteiger partial charge in [0, 0.05) is 30.4 Å². The minimum absolute atomic E-state index is 0.133. The molecule has 1 saturated carbocycles. The molecular formula is C30H28N4O3. The number of hydrogen-bond acceptors (Lipinski definition) is 5. The fourth-order valence-electron chi connectivity index (χ4n) is 5.23. The molecule has 2 N–H and O–H groups in total. The zero-order valence-corrected chi connectivity index (χ0v) is 20.6. The lowest BCUT2D eigenvalue weighted by Gasteiger charge is -2.30. The molecule has 4 aromatic rings. The van der Waals surface area contributed by atoms with Crippen molar-refractivity contribution in [1.82, 2.24) is 19.9 Å². The van der Waals surface area contributed by atoms with E-state index in [1.165, 1.54) is 0 Å².